The first-order valence-electron chi connectivity index (χ1n) is 9.05. The van der Waals surface area contributed by atoms with Crippen LogP contribution in [0.1, 0.15) is 35.7 Å². The fourth-order valence-electron chi connectivity index (χ4n) is 3.38. The third-order valence-electron chi connectivity index (χ3n) is 4.87. The zero-order valence-corrected chi connectivity index (χ0v) is 15.8. The minimum atomic E-state index is -0.610. The van der Waals surface area contributed by atoms with Crippen LogP contribution in [0, 0.1) is 13.8 Å². The number of para-hydroxylation sites is 2. The number of rotatable bonds is 6. The molecule has 0 unspecified atom stereocenters. The first-order valence-corrected chi connectivity index (χ1v) is 9.43. The molecule has 5 heteroatoms. The van der Waals surface area contributed by atoms with E-state index in [0.717, 1.165) is 38.8 Å². The molecule has 1 heterocycles. The molecular weight excluding hydrogens is 348 g/mol. The van der Waals surface area contributed by atoms with E-state index in [1.54, 1.807) is 0 Å². The summed E-state index contributed by atoms with van der Waals surface area (Å²) in [6.07, 6.45) is 1.75. The van der Waals surface area contributed by atoms with Gasteiger partial charge in [-0.15, -0.1) is 0 Å². The number of imidazole rings is 1. The Labute approximate surface area is 158 Å². The summed E-state index contributed by atoms with van der Waals surface area (Å²) >= 11 is 6.20. The molecule has 1 fully saturated rings. The molecule has 0 spiro atoms. The van der Waals surface area contributed by atoms with Crippen molar-refractivity contribution in [2.45, 2.75) is 45.3 Å². The number of halogens is 1. The number of hydrogen-bond acceptors (Lipinski definition) is 3. The zero-order valence-electron chi connectivity index (χ0n) is 15.1. The monoisotopic (exact) mass is 370 g/mol. The molecule has 1 N–H and O–H groups in total. The van der Waals surface area contributed by atoms with E-state index in [1.807, 2.05) is 44.2 Å². The van der Waals surface area contributed by atoms with Gasteiger partial charge in [0, 0.05) is 10.9 Å². The molecule has 0 radical (unpaired) electrons. The molecular formula is C21H23ClN2O2. The average molecular weight is 371 g/mol. The normalized spacial score (nSPS) is 15.4. The van der Waals surface area contributed by atoms with Gasteiger partial charge in [0.1, 0.15) is 24.3 Å². The van der Waals surface area contributed by atoms with Crippen molar-refractivity contribution in [1.29, 1.82) is 0 Å². The summed E-state index contributed by atoms with van der Waals surface area (Å²) in [7, 11) is 0. The molecule has 2 aromatic carbocycles. The number of fused-ring (bicyclic) bond motifs is 1. The van der Waals surface area contributed by atoms with Gasteiger partial charge in [0.2, 0.25) is 0 Å². The predicted octanol–water partition coefficient (Wildman–Crippen LogP) is 4.62. The highest BCUT2D eigenvalue weighted by Gasteiger charge is 2.30. The average Bonchev–Trinajstić information content (AvgIpc) is 3.41. The number of aryl methyl sites for hydroxylation is 2. The standard InChI is InChI=1S/C21H23ClN2O2/c1-13-9-17(10-14(2)20(13)22)26-12-16(25)11-24-19-6-4-3-5-18(19)23-21(24)15-7-8-15/h3-6,9-10,15-16,25H,7-8,11-12H2,1-2H3/t16-/m0/s1. The Morgan fingerprint density at radius 3 is 2.62 bits per heavy atom. The van der Waals surface area contributed by atoms with Gasteiger partial charge >= 0.3 is 0 Å². The van der Waals surface area contributed by atoms with Crippen LogP contribution in [0.4, 0.5) is 0 Å². The Kier molecular flexibility index (Phi) is 4.63. The molecule has 0 bridgehead atoms. The Bertz CT molecular complexity index is 923. The topological polar surface area (TPSA) is 47.3 Å². The Morgan fingerprint density at radius 2 is 1.92 bits per heavy atom. The summed E-state index contributed by atoms with van der Waals surface area (Å²) in [6.45, 7) is 4.63. The van der Waals surface area contributed by atoms with Crippen LogP contribution in [0.2, 0.25) is 5.02 Å². The van der Waals surface area contributed by atoms with E-state index >= 15 is 0 Å². The number of aliphatic hydroxyl groups is 1. The molecule has 1 aliphatic carbocycles. The fraction of sp³-hybridized carbons (Fsp3) is 0.381. The summed E-state index contributed by atoms with van der Waals surface area (Å²) in [5.41, 5.74) is 4.03. The maximum Gasteiger partial charge on any atom is 0.120 e. The zero-order chi connectivity index (χ0) is 18.3. The third kappa shape index (κ3) is 3.44. The van der Waals surface area contributed by atoms with Crippen LogP contribution in [-0.4, -0.2) is 27.4 Å². The lowest BCUT2D eigenvalue weighted by atomic mass is 10.1. The van der Waals surface area contributed by atoms with Gasteiger partial charge < -0.3 is 14.4 Å². The van der Waals surface area contributed by atoms with Crippen LogP contribution in [0.15, 0.2) is 36.4 Å². The minimum Gasteiger partial charge on any atom is -0.491 e. The fourth-order valence-corrected chi connectivity index (χ4v) is 3.49. The summed E-state index contributed by atoms with van der Waals surface area (Å²) < 4.78 is 7.97. The molecule has 0 aliphatic heterocycles. The summed E-state index contributed by atoms with van der Waals surface area (Å²) in [5.74, 6) is 2.35. The first-order chi connectivity index (χ1) is 12.5. The number of benzene rings is 2. The van der Waals surface area contributed by atoms with Crippen LogP contribution in [0.5, 0.6) is 5.75 Å². The molecule has 1 saturated carbocycles. The van der Waals surface area contributed by atoms with E-state index in [-0.39, 0.29) is 6.61 Å². The van der Waals surface area contributed by atoms with Gasteiger partial charge in [-0.25, -0.2) is 4.98 Å². The van der Waals surface area contributed by atoms with E-state index in [4.69, 9.17) is 21.3 Å². The van der Waals surface area contributed by atoms with Crippen molar-refractivity contribution in [3.63, 3.8) is 0 Å². The number of ether oxygens (including phenoxy) is 1. The van der Waals surface area contributed by atoms with Crippen LogP contribution >= 0.6 is 11.6 Å². The van der Waals surface area contributed by atoms with Crippen LogP contribution in [-0.2, 0) is 6.54 Å². The van der Waals surface area contributed by atoms with Crippen molar-refractivity contribution >= 4 is 22.6 Å². The van der Waals surface area contributed by atoms with Gasteiger partial charge in [-0.1, -0.05) is 23.7 Å². The Balaban J connectivity index is 1.49. The lowest BCUT2D eigenvalue weighted by molar-refractivity contribution is 0.0926. The number of aliphatic hydroxyl groups excluding tert-OH is 1. The van der Waals surface area contributed by atoms with Crippen molar-refractivity contribution in [2.24, 2.45) is 0 Å². The van der Waals surface area contributed by atoms with Gasteiger partial charge in [0.05, 0.1) is 17.6 Å². The molecule has 0 amide bonds. The van der Waals surface area contributed by atoms with Crippen molar-refractivity contribution < 1.29 is 9.84 Å². The van der Waals surface area contributed by atoms with Crippen molar-refractivity contribution in [2.75, 3.05) is 6.61 Å². The van der Waals surface area contributed by atoms with Gasteiger partial charge in [0.25, 0.3) is 0 Å². The van der Waals surface area contributed by atoms with Gasteiger partial charge in [-0.05, 0) is 62.1 Å². The maximum absolute atomic E-state index is 10.6. The highest BCUT2D eigenvalue weighted by atomic mass is 35.5. The second-order valence-corrected chi connectivity index (χ2v) is 7.56. The predicted molar refractivity (Wildman–Crippen MR) is 104 cm³/mol. The molecule has 136 valence electrons. The summed E-state index contributed by atoms with van der Waals surface area (Å²) in [4.78, 5) is 4.78. The van der Waals surface area contributed by atoms with E-state index in [2.05, 4.69) is 10.6 Å². The van der Waals surface area contributed by atoms with Crippen molar-refractivity contribution in [1.82, 2.24) is 9.55 Å². The Hall–Kier alpha value is -2.04. The van der Waals surface area contributed by atoms with E-state index in [0.29, 0.717) is 12.5 Å². The first kappa shape index (κ1) is 17.4. The summed E-state index contributed by atoms with van der Waals surface area (Å²) in [5, 5.41) is 11.3. The van der Waals surface area contributed by atoms with Crippen LogP contribution < -0.4 is 4.74 Å². The van der Waals surface area contributed by atoms with E-state index in [1.165, 1.54) is 12.8 Å². The number of hydrogen-bond donors (Lipinski definition) is 1. The smallest absolute Gasteiger partial charge is 0.120 e. The highest BCUT2D eigenvalue weighted by Crippen LogP contribution is 2.40. The van der Waals surface area contributed by atoms with Crippen LogP contribution in [0.3, 0.4) is 0 Å². The molecule has 1 atom stereocenters. The Morgan fingerprint density at radius 1 is 1.23 bits per heavy atom. The second kappa shape index (κ2) is 6.93. The molecule has 4 rings (SSSR count). The third-order valence-corrected chi connectivity index (χ3v) is 5.47. The lowest BCUT2D eigenvalue weighted by Crippen LogP contribution is -2.24. The summed E-state index contributed by atoms with van der Waals surface area (Å²) in [6, 6.07) is 11.9. The largest absolute Gasteiger partial charge is 0.491 e. The second-order valence-electron chi connectivity index (χ2n) is 7.18. The SMILES string of the molecule is Cc1cc(OC[C@@H](O)Cn2c(C3CC3)nc3ccccc32)cc(C)c1Cl. The molecule has 4 nitrogen and oxygen atoms in total. The molecule has 0 saturated heterocycles. The van der Waals surface area contributed by atoms with E-state index < -0.39 is 6.10 Å². The van der Waals surface area contributed by atoms with Gasteiger partial charge in [0.15, 0.2) is 0 Å². The van der Waals surface area contributed by atoms with Crippen molar-refractivity contribution in [3.8, 4) is 5.75 Å². The number of nitrogens with zero attached hydrogens (tertiary/aromatic N) is 2. The van der Waals surface area contributed by atoms with Crippen LogP contribution in [0.25, 0.3) is 11.0 Å². The molecule has 3 aromatic rings. The lowest BCUT2D eigenvalue weighted by Gasteiger charge is -2.16. The van der Waals surface area contributed by atoms with Gasteiger partial charge in [-0.2, -0.15) is 0 Å². The maximum atomic E-state index is 10.6. The van der Waals surface area contributed by atoms with E-state index in [9.17, 15) is 5.11 Å². The molecule has 1 aromatic heterocycles. The quantitative estimate of drug-likeness (QED) is 0.688. The molecule has 26 heavy (non-hydrogen) atoms. The molecule has 1 aliphatic rings. The highest BCUT2D eigenvalue weighted by molar-refractivity contribution is 6.32. The minimum absolute atomic E-state index is 0.233. The van der Waals surface area contributed by atoms with Crippen molar-refractivity contribution in [3.05, 3.63) is 58.4 Å². The number of aromatic nitrogens is 2. The van der Waals surface area contributed by atoms with Gasteiger partial charge in [-0.3, -0.25) is 0 Å².